The molecule has 0 radical (unpaired) electrons. The van der Waals surface area contributed by atoms with Crippen LogP contribution in [0.5, 0.6) is 5.75 Å². The number of furan rings is 1. The zero-order chi connectivity index (χ0) is 34.3. The number of carbonyl (C=O) groups excluding carboxylic acids is 1. The first-order valence-corrected chi connectivity index (χ1v) is 16.3. The van der Waals surface area contributed by atoms with E-state index in [4.69, 9.17) is 19.6 Å². The molecule has 6 nitrogen and oxygen atoms in total. The molecule has 2 unspecified atom stereocenters. The predicted molar refractivity (Wildman–Crippen MR) is 177 cm³/mol. The van der Waals surface area contributed by atoms with Gasteiger partial charge in [0, 0.05) is 22.6 Å². The highest BCUT2D eigenvalue weighted by Crippen LogP contribution is 2.45. The SMILES string of the molecule is CCCCCc1ccc(-c2cc3ccc(OCCCCC(O)COC(=O)C(C)(CC(C)(C)N)C(C)(C)C)cc3o2)c(C(F)(F)F)c1. The van der Waals surface area contributed by atoms with Gasteiger partial charge in [0.2, 0.25) is 0 Å². The minimum absolute atomic E-state index is 0.0147. The van der Waals surface area contributed by atoms with Gasteiger partial charge in [-0.1, -0.05) is 52.7 Å². The molecule has 9 heteroatoms. The second kappa shape index (κ2) is 15.2. The van der Waals surface area contributed by atoms with Gasteiger partial charge in [-0.15, -0.1) is 0 Å². The van der Waals surface area contributed by atoms with Crippen molar-refractivity contribution in [1.82, 2.24) is 0 Å². The van der Waals surface area contributed by atoms with Gasteiger partial charge in [-0.2, -0.15) is 13.2 Å². The topological polar surface area (TPSA) is 94.9 Å². The quantitative estimate of drug-likeness (QED) is 0.119. The minimum Gasteiger partial charge on any atom is -0.493 e. The van der Waals surface area contributed by atoms with Gasteiger partial charge in [-0.05, 0) is 94.5 Å². The van der Waals surface area contributed by atoms with E-state index in [1.165, 1.54) is 12.1 Å². The van der Waals surface area contributed by atoms with Crippen molar-refractivity contribution in [2.24, 2.45) is 16.6 Å². The van der Waals surface area contributed by atoms with Crippen LogP contribution in [0, 0.1) is 10.8 Å². The summed E-state index contributed by atoms with van der Waals surface area (Å²) in [6.45, 7) is 13.9. The normalized spacial score (nSPS) is 14.7. The van der Waals surface area contributed by atoms with Crippen molar-refractivity contribution in [1.29, 1.82) is 0 Å². The Labute approximate surface area is 271 Å². The van der Waals surface area contributed by atoms with E-state index in [-0.39, 0.29) is 29.3 Å². The van der Waals surface area contributed by atoms with E-state index in [0.717, 1.165) is 19.3 Å². The molecule has 0 aliphatic carbocycles. The molecular formula is C37H52F3NO5. The van der Waals surface area contributed by atoms with Gasteiger partial charge in [0.15, 0.2) is 0 Å². The maximum absolute atomic E-state index is 14.0. The van der Waals surface area contributed by atoms with Gasteiger partial charge in [0.1, 0.15) is 23.7 Å². The highest BCUT2D eigenvalue weighted by atomic mass is 19.4. The number of rotatable bonds is 16. The molecule has 0 amide bonds. The molecule has 3 N–H and O–H groups in total. The summed E-state index contributed by atoms with van der Waals surface area (Å²) >= 11 is 0. The second-order valence-electron chi connectivity index (χ2n) is 14.5. The van der Waals surface area contributed by atoms with Crippen LogP contribution >= 0.6 is 0 Å². The first-order chi connectivity index (χ1) is 21.3. The molecule has 1 aromatic heterocycles. The summed E-state index contributed by atoms with van der Waals surface area (Å²) in [5.41, 5.74) is 4.90. The van der Waals surface area contributed by atoms with E-state index in [1.54, 1.807) is 30.3 Å². The lowest BCUT2D eigenvalue weighted by Crippen LogP contribution is -2.49. The average Bonchev–Trinajstić information content (AvgIpc) is 3.37. The smallest absolute Gasteiger partial charge is 0.417 e. The third-order valence-electron chi connectivity index (χ3n) is 8.74. The second-order valence-corrected chi connectivity index (χ2v) is 14.5. The van der Waals surface area contributed by atoms with Gasteiger partial charge in [0.25, 0.3) is 0 Å². The Bertz CT molecular complexity index is 1430. The van der Waals surface area contributed by atoms with Crippen LogP contribution in [0.1, 0.15) is 105 Å². The fourth-order valence-electron chi connectivity index (χ4n) is 5.65. The van der Waals surface area contributed by atoms with Crippen LogP contribution in [0.4, 0.5) is 13.2 Å². The summed E-state index contributed by atoms with van der Waals surface area (Å²) in [4.78, 5) is 13.1. The van der Waals surface area contributed by atoms with Gasteiger partial charge in [0.05, 0.1) is 23.7 Å². The molecular weight excluding hydrogens is 595 g/mol. The molecule has 0 aliphatic rings. The summed E-state index contributed by atoms with van der Waals surface area (Å²) in [6, 6.07) is 11.3. The largest absolute Gasteiger partial charge is 0.493 e. The van der Waals surface area contributed by atoms with E-state index < -0.39 is 28.8 Å². The number of esters is 1. The van der Waals surface area contributed by atoms with E-state index in [1.807, 2.05) is 41.5 Å². The van der Waals surface area contributed by atoms with Gasteiger partial charge in [-0.25, -0.2) is 0 Å². The fraction of sp³-hybridized carbons (Fsp3) is 0.595. The number of ether oxygens (including phenoxy) is 2. The average molecular weight is 648 g/mol. The number of nitrogens with two attached hydrogens (primary N) is 1. The molecule has 0 saturated heterocycles. The van der Waals surface area contributed by atoms with Crippen LogP contribution in [0.25, 0.3) is 22.3 Å². The molecule has 0 aliphatic heterocycles. The first kappa shape index (κ1) is 37.4. The standard InChI is InChI=1S/C37H52F3NO5/c1-8-9-10-13-25-15-18-29(30(20-25)37(38,39)40)32-21-26-16-17-28(22-31(26)46-32)44-19-12-11-14-27(42)23-45-33(43)36(7,34(2,3)4)24-35(5,6)41/h15-18,20-22,27,42H,8-14,19,23-24,41H2,1-7H3. The van der Waals surface area contributed by atoms with Crippen molar-refractivity contribution in [3.8, 4) is 17.1 Å². The van der Waals surface area contributed by atoms with Gasteiger partial charge < -0.3 is 24.7 Å². The Balaban J connectivity index is 1.53. The molecule has 2 aromatic carbocycles. The van der Waals surface area contributed by atoms with Crippen molar-refractivity contribution >= 4 is 16.9 Å². The molecule has 46 heavy (non-hydrogen) atoms. The lowest BCUT2D eigenvalue weighted by Gasteiger charge is -2.43. The Morgan fingerprint density at radius 2 is 1.67 bits per heavy atom. The number of aryl methyl sites for hydroxylation is 1. The molecule has 0 saturated carbocycles. The Morgan fingerprint density at radius 3 is 2.30 bits per heavy atom. The third kappa shape index (κ3) is 10.2. The molecule has 0 spiro atoms. The fourth-order valence-corrected chi connectivity index (χ4v) is 5.65. The number of carbonyl (C=O) groups is 1. The number of aliphatic hydroxyl groups is 1. The number of hydrogen-bond donors (Lipinski definition) is 2. The molecule has 0 bridgehead atoms. The first-order valence-electron chi connectivity index (χ1n) is 16.3. The molecule has 1 heterocycles. The van der Waals surface area contributed by atoms with Crippen molar-refractivity contribution in [3.63, 3.8) is 0 Å². The summed E-state index contributed by atoms with van der Waals surface area (Å²) in [5.74, 6) is 0.324. The van der Waals surface area contributed by atoms with Crippen LogP contribution in [0.15, 0.2) is 46.9 Å². The van der Waals surface area contributed by atoms with E-state index >= 15 is 0 Å². The number of halogens is 3. The molecule has 0 fully saturated rings. The molecule has 3 aromatic rings. The minimum atomic E-state index is -4.51. The maximum Gasteiger partial charge on any atom is 0.417 e. The number of aliphatic hydroxyl groups excluding tert-OH is 1. The van der Waals surface area contributed by atoms with Crippen molar-refractivity contribution in [3.05, 3.63) is 53.6 Å². The Kier molecular flexibility index (Phi) is 12.4. The highest BCUT2D eigenvalue weighted by molar-refractivity contribution is 5.84. The zero-order valence-corrected chi connectivity index (χ0v) is 28.5. The third-order valence-corrected chi connectivity index (χ3v) is 8.74. The van der Waals surface area contributed by atoms with Crippen LogP contribution in [0.2, 0.25) is 0 Å². The zero-order valence-electron chi connectivity index (χ0n) is 28.5. The number of hydrogen-bond acceptors (Lipinski definition) is 6. The van der Waals surface area contributed by atoms with E-state index in [2.05, 4.69) is 6.92 Å². The number of benzene rings is 2. The molecule has 256 valence electrons. The predicted octanol–water partition coefficient (Wildman–Crippen LogP) is 9.48. The number of unbranched alkanes of at least 4 members (excludes halogenated alkanes) is 3. The highest BCUT2D eigenvalue weighted by Gasteiger charge is 2.48. The lowest BCUT2D eigenvalue weighted by atomic mass is 9.63. The molecule has 3 rings (SSSR count). The lowest BCUT2D eigenvalue weighted by molar-refractivity contribution is -0.167. The van der Waals surface area contributed by atoms with Crippen LogP contribution in [-0.4, -0.2) is 35.9 Å². The van der Waals surface area contributed by atoms with E-state index in [0.29, 0.717) is 61.0 Å². The summed E-state index contributed by atoms with van der Waals surface area (Å²) in [5, 5.41) is 11.1. The summed E-state index contributed by atoms with van der Waals surface area (Å²) in [6.07, 6.45) is 0.298. The number of alkyl halides is 3. The number of fused-ring (bicyclic) bond motifs is 1. The van der Waals surface area contributed by atoms with Gasteiger partial charge in [-0.3, -0.25) is 4.79 Å². The Hall–Kier alpha value is -3.04. The van der Waals surface area contributed by atoms with Crippen LogP contribution < -0.4 is 10.5 Å². The maximum atomic E-state index is 14.0. The van der Waals surface area contributed by atoms with Crippen molar-refractivity contribution in [2.45, 2.75) is 118 Å². The van der Waals surface area contributed by atoms with Crippen molar-refractivity contribution < 1.29 is 37.0 Å². The van der Waals surface area contributed by atoms with Gasteiger partial charge >= 0.3 is 12.1 Å². The summed E-state index contributed by atoms with van der Waals surface area (Å²) in [7, 11) is 0. The van der Waals surface area contributed by atoms with Crippen molar-refractivity contribution in [2.75, 3.05) is 13.2 Å². The molecule has 2 atom stereocenters. The monoisotopic (exact) mass is 647 g/mol. The Morgan fingerprint density at radius 1 is 0.957 bits per heavy atom. The van der Waals surface area contributed by atoms with E-state index in [9.17, 15) is 23.1 Å². The summed E-state index contributed by atoms with van der Waals surface area (Å²) < 4.78 is 59.3. The van der Waals surface area contributed by atoms with Crippen LogP contribution in [0.3, 0.4) is 0 Å². The van der Waals surface area contributed by atoms with Crippen LogP contribution in [-0.2, 0) is 22.1 Å².